The van der Waals surface area contributed by atoms with Gasteiger partial charge in [0.15, 0.2) is 12.4 Å². The Balaban J connectivity index is 1.53. The number of anilines is 2. The molecule has 28 heavy (non-hydrogen) atoms. The quantitative estimate of drug-likeness (QED) is 0.609. The van der Waals surface area contributed by atoms with Crippen LogP contribution >= 0.6 is 0 Å². The lowest BCUT2D eigenvalue weighted by molar-refractivity contribution is -0.119. The Kier molecular flexibility index (Phi) is 5.58. The fraction of sp³-hybridized carbons (Fsp3) is 0.300. The second kappa shape index (κ2) is 8.08. The Morgan fingerprint density at radius 1 is 1.18 bits per heavy atom. The van der Waals surface area contributed by atoms with E-state index in [4.69, 9.17) is 4.74 Å². The van der Waals surface area contributed by atoms with Gasteiger partial charge in [0.1, 0.15) is 5.69 Å². The number of rotatable bonds is 6. The van der Waals surface area contributed by atoms with Gasteiger partial charge in [-0.25, -0.2) is 4.79 Å². The first-order valence-electron chi connectivity index (χ1n) is 8.90. The second-order valence-electron chi connectivity index (χ2n) is 6.60. The van der Waals surface area contributed by atoms with Crippen molar-refractivity contribution in [2.45, 2.75) is 19.8 Å². The van der Waals surface area contributed by atoms with Crippen LogP contribution in [0.1, 0.15) is 40.6 Å². The lowest BCUT2D eigenvalue weighted by Gasteiger charge is -2.16. The first kappa shape index (κ1) is 19.3. The maximum Gasteiger partial charge on any atom is 0.355 e. The van der Waals surface area contributed by atoms with E-state index in [0.717, 1.165) is 12.1 Å². The zero-order valence-corrected chi connectivity index (χ0v) is 15.7. The molecule has 1 saturated heterocycles. The molecule has 0 saturated carbocycles. The Morgan fingerprint density at radius 3 is 2.46 bits per heavy atom. The molecule has 1 aromatic heterocycles. The summed E-state index contributed by atoms with van der Waals surface area (Å²) < 4.78 is 6.50. The molecule has 2 amide bonds. The number of carbonyl (C=O) groups excluding carboxylic acids is 4. The van der Waals surface area contributed by atoms with Crippen molar-refractivity contribution >= 4 is 34.9 Å². The molecular weight excluding hydrogens is 362 g/mol. The van der Waals surface area contributed by atoms with Crippen molar-refractivity contribution in [2.75, 3.05) is 23.4 Å². The Hall–Kier alpha value is -3.42. The van der Waals surface area contributed by atoms with Crippen LogP contribution in [-0.4, -0.2) is 41.3 Å². The zero-order valence-electron chi connectivity index (χ0n) is 15.7. The van der Waals surface area contributed by atoms with Gasteiger partial charge in [-0.2, -0.15) is 0 Å². The summed E-state index contributed by atoms with van der Waals surface area (Å²) in [6.07, 6.45) is 2.93. The minimum atomic E-state index is -0.687. The van der Waals surface area contributed by atoms with Crippen molar-refractivity contribution in [1.29, 1.82) is 0 Å². The smallest absolute Gasteiger partial charge is 0.355 e. The molecule has 1 aromatic carbocycles. The average Bonchev–Trinajstić information content (AvgIpc) is 3.26. The topological polar surface area (TPSA) is 97.7 Å². The fourth-order valence-electron chi connectivity index (χ4n) is 3.01. The monoisotopic (exact) mass is 383 g/mol. The van der Waals surface area contributed by atoms with Crippen LogP contribution < -0.4 is 10.2 Å². The number of benzene rings is 1. The van der Waals surface area contributed by atoms with Gasteiger partial charge < -0.3 is 19.5 Å². The normalized spacial score (nSPS) is 13.5. The van der Waals surface area contributed by atoms with E-state index in [1.165, 1.54) is 23.8 Å². The van der Waals surface area contributed by atoms with Crippen LogP contribution in [0, 0.1) is 0 Å². The van der Waals surface area contributed by atoms with Crippen LogP contribution in [0.4, 0.5) is 11.4 Å². The number of ketones is 1. The van der Waals surface area contributed by atoms with E-state index >= 15 is 0 Å². The van der Waals surface area contributed by atoms with Crippen molar-refractivity contribution < 1.29 is 23.9 Å². The van der Waals surface area contributed by atoms with Crippen molar-refractivity contribution in [1.82, 2.24) is 4.57 Å². The third-order valence-corrected chi connectivity index (χ3v) is 4.49. The van der Waals surface area contributed by atoms with Crippen molar-refractivity contribution in [3.05, 3.63) is 47.8 Å². The number of amides is 2. The number of hydrogen-bond donors (Lipinski definition) is 1. The van der Waals surface area contributed by atoms with Gasteiger partial charge in [0.05, 0.1) is 0 Å². The molecule has 0 radical (unpaired) electrons. The summed E-state index contributed by atoms with van der Waals surface area (Å²) in [5.41, 5.74) is 1.92. The Bertz CT molecular complexity index is 930. The SMILES string of the molecule is CC(=O)c1cc(C(=O)OCC(=O)Nc2ccc(N3CCCC3=O)cc2)n(C)c1. The highest BCUT2D eigenvalue weighted by Crippen LogP contribution is 2.23. The van der Waals surface area contributed by atoms with Crippen molar-refractivity contribution in [3.63, 3.8) is 0 Å². The van der Waals surface area contributed by atoms with Crippen LogP contribution in [-0.2, 0) is 21.4 Å². The van der Waals surface area contributed by atoms with E-state index in [9.17, 15) is 19.2 Å². The number of Topliss-reactive ketones (excluding diaryl/α,β-unsaturated/α-hetero) is 1. The maximum absolute atomic E-state index is 12.1. The van der Waals surface area contributed by atoms with Gasteiger partial charge in [0.25, 0.3) is 5.91 Å². The molecule has 3 rings (SSSR count). The van der Waals surface area contributed by atoms with Gasteiger partial charge in [0, 0.05) is 43.1 Å². The van der Waals surface area contributed by atoms with E-state index < -0.39 is 18.5 Å². The first-order valence-corrected chi connectivity index (χ1v) is 8.90. The van der Waals surface area contributed by atoms with E-state index in [-0.39, 0.29) is 17.4 Å². The molecule has 0 aliphatic carbocycles. The highest BCUT2D eigenvalue weighted by molar-refractivity contribution is 5.99. The summed E-state index contributed by atoms with van der Waals surface area (Å²) in [4.78, 5) is 49.0. The summed E-state index contributed by atoms with van der Waals surface area (Å²) in [5, 5.41) is 2.64. The number of esters is 1. The Labute approximate surface area is 162 Å². The molecule has 0 spiro atoms. The van der Waals surface area contributed by atoms with Gasteiger partial charge in [-0.1, -0.05) is 0 Å². The minimum Gasteiger partial charge on any atom is -0.451 e. The third kappa shape index (κ3) is 4.28. The largest absolute Gasteiger partial charge is 0.451 e. The molecule has 8 nitrogen and oxygen atoms in total. The lowest BCUT2D eigenvalue weighted by Crippen LogP contribution is -2.24. The summed E-state index contributed by atoms with van der Waals surface area (Å²) in [5.74, 6) is -1.24. The van der Waals surface area contributed by atoms with E-state index in [2.05, 4.69) is 5.32 Å². The summed E-state index contributed by atoms with van der Waals surface area (Å²) in [6, 6.07) is 8.34. The molecule has 1 N–H and O–H groups in total. The van der Waals surface area contributed by atoms with Crippen molar-refractivity contribution in [3.8, 4) is 0 Å². The van der Waals surface area contributed by atoms with Gasteiger partial charge in [0.2, 0.25) is 5.91 Å². The molecule has 2 heterocycles. The van der Waals surface area contributed by atoms with Crippen LogP contribution in [0.25, 0.3) is 0 Å². The first-order chi connectivity index (χ1) is 13.3. The average molecular weight is 383 g/mol. The number of nitrogens with one attached hydrogen (secondary N) is 1. The molecule has 0 bridgehead atoms. The minimum absolute atomic E-state index is 0.0947. The highest BCUT2D eigenvalue weighted by Gasteiger charge is 2.21. The van der Waals surface area contributed by atoms with Crippen LogP contribution in [0.3, 0.4) is 0 Å². The van der Waals surface area contributed by atoms with E-state index in [1.54, 1.807) is 36.2 Å². The molecule has 1 aliphatic heterocycles. The molecule has 2 aromatic rings. The summed E-state index contributed by atoms with van der Waals surface area (Å²) >= 11 is 0. The fourth-order valence-corrected chi connectivity index (χ4v) is 3.01. The van der Waals surface area contributed by atoms with Crippen LogP contribution in [0.5, 0.6) is 0 Å². The van der Waals surface area contributed by atoms with Crippen LogP contribution in [0.15, 0.2) is 36.5 Å². The Morgan fingerprint density at radius 2 is 1.89 bits per heavy atom. The van der Waals surface area contributed by atoms with Crippen molar-refractivity contribution in [2.24, 2.45) is 7.05 Å². The third-order valence-electron chi connectivity index (χ3n) is 4.49. The predicted octanol–water partition coefficient (Wildman–Crippen LogP) is 2.15. The number of aryl methyl sites for hydroxylation is 1. The molecule has 1 aliphatic rings. The second-order valence-corrected chi connectivity index (χ2v) is 6.60. The molecule has 1 fully saturated rings. The molecule has 0 unspecified atom stereocenters. The number of carbonyl (C=O) groups is 4. The van der Waals surface area contributed by atoms with Crippen LogP contribution in [0.2, 0.25) is 0 Å². The summed E-state index contributed by atoms with van der Waals surface area (Å²) in [6.45, 7) is 1.65. The molecule has 0 atom stereocenters. The maximum atomic E-state index is 12.1. The lowest BCUT2D eigenvalue weighted by atomic mass is 10.2. The highest BCUT2D eigenvalue weighted by atomic mass is 16.5. The molecular formula is C20H21N3O5. The number of nitrogens with zero attached hydrogens (tertiary/aromatic N) is 2. The number of ether oxygens (including phenoxy) is 1. The standard InChI is InChI=1S/C20H21N3O5/c1-13(24)14-10-17(22(2)11-14)20(27)28-12-18(25)21-15-5-7-16(8-6-15)23-9-3-4-19(23)26/h5-8,10-11H,3-4,9,12H2,1-2H3,(H,21,25). The van der Waals surface area contributed by atoms with Gasteiger partial charge >= 0.3 is 5.97 Å². The zero-order chi connectivity index (χ0) is 20.3. The number of aromatic nitrogens is 1. The summed E-state index contributed by atoms with van der Waals surface area (Å²) in [7, 11) is 1.62. The molecule has 8 heteroatoms. The predicted molar refractivity (Wildman–Crippen MR) is 102 cm³/mol. The van der Waals surface area contributed by atoms with E-state index in [0.29, 0.717) is 24.2 Å². The van der Waals surface area contributed by atoms with Gasteiger partial charge in [-0.15, -0.1) is 0 Å². The van der Waals surface area contributed by atoms with Gasteiger partial charge in [-0.05, 0) is 43.7 Å². The number of hydrogen-bond acceptors (Lipinski definition) is 5. The van der Waals surface area contributed by atoms with Gasteiger partial charge in [-0.3, -0.25) is 14.4 Å². The van der Waals surface area contributed by atoms with E-state index in [1.807, 2.05) is 0 Å². The molecule has 146 valence electrons.